The van der Waals surface area contributed by atoms with Crippen molar-refractivity contribution in [2.45, 2.75) is 47.1 Å². The van der Waals surface area contributed by atoms with Crippen molar-refractivity contribution in [2.75, 3.05) is 26.2 Å². The van der Waals surface area contributed by atoms with E-state index in [9.17, 15) is 0 Å². The number of likely N-dealkylation sites (tertiary alicyclic amines) is 1. The lowest BCUT2D eigenvalue weighted by atomic mass is 10.1. The van der Waals surface area contributed by atoms with Crippen LogP contribution in [0.3, 0.4) is 0 Å². The van der Waals surface area contributed by atoms with E-state index in [0.29, 0.717) is 6.04 Å². The molecule has 1 aliphatic rings. The van der Waals surface area contributed by atoms with Crippen molar-refractivity contribution in [1.82, 2.24) is 15.4 Å². The first-order valence-corrected chi connectivity index (χ1v) is 7.86. The molecule has 1 aliphatic heterocycles. The molecule has 1 aromatic rings. The Kier molecular flexibility index (Phi) is 5.22. The van der Waals surface area contributed by atoms with Crippen molar-refractivity contribution >= 4 is 0 Å². The number of hydrogen-bond donors (Lipinski definition) is 1. The molecule has 0 aromatic carbocycles. The Labute approximate surface area is 122 Å². The molecule has 20 heavy (non-hydrogen) atoms. The minimum Gasteiger partial charge on any atom is -0.361 e. The van der Waals surface area contributed by atoms with Crippen molar-refractivity contribution in [1.29, 1.82) is 0 Å². The summed E-state index contributed by atoms with van der Waals surface area (Å²) in [4.78, 5) is 2.56. The van der Waals surface area contributed by atoms with Gasteiger partial charge in [-0.1, -0.05) is 19.0 Å². The molecular weight excluding hydrogens is 250 g/mol. The van der Waals surface area contributed by atoms with E-state index in [1.807, 2.05) is 13.8 Å². The smallest absolute Gasteiger partial charge is 0.138 e. The van der Waals surface area contributed by atoms with Crippen LogP contribution in [-0.4, -0.2) is 36.2 Å². The fraction of sp³-hybridized carbons (Fsp3) is 0.812. The predicted octanol–water partition coefficient (Wildman–Crippen LogP) is 2.92. The van der Waals surface area contributed by atoms with Crippen LogP contribution in [0.4, 0.5) is 0 Å². The zero-order chi connectivity index (χ0) is 14.7. The molecule has 1 fully saturated rings. The summed E-state index contributed by atoms with van der Waals surface area (Å²) in [6.45, 7) is 15.5. The van der Waals surface area contributed by atoms with E-state index < -0.39 is 0 Å². The highest BCUT2D eigenvalue weighted by atomic mass is 16.5. The highest BCUT2D eigenvalue weighted by Gasteiger charge is 2.29. The summed E-state index contributed by atoms with van der Waals surface area (Å²) in [5.41, 5.74) is 2.32. The first-order valence-electron chi connectivity index (χ1n) is 7.86. The molecule has 4 nitrogen and oxygen atoms in total. The van der Waals surface area contributed by atoms with Crippen LogP contribution in [0.15, 0.2) is 4.52 Å². The van der Waals surface area contributed by atoms with E-state index in [2.05, 4.69) is 36.1 Å². The molecule has 1 saturated heterocycles. The summed E-state index contributed by atoms with van der Waals surface area (Å²) in [5, 5.41) is 7.67. The van der Waals surface area contributed by atoms with Crippen LogP contribution >= 0.6 is 0 Å². The minimum absolute atomic E-state index is 0.413. The van der Waals surface area contributed by atoms with Gasteiger partial charge in [0.25, 0.3) is 0 Å². The molecule has 2 atom stereocenters. The van der Waals surface area contributed by atoms with Gasteiger partial charge in [0.2, 0.25) is 0 Å². The molecule has 0 spiro atoms. The molecule has 4 heteroatoms. The molecule has 1 N–H and O–H groups in total. The number of rotatable bonds is 6. The summed E-state index contributed by atoms with van der Waals surface area (Å²) in [6.07, 6.45) is 1.29. The van der Waals surface area contributed by atoms with E-state index >= 15 is 0 Å². The fourth-order valence-electron chi connectivity index (χ4n) is 3.23. The van der Waals surface area contributed by atoms with E-state index in [4.69, 9.17) is 4.52 Å². The van der Waals surface area contributed by atoms with Gasteiger partial charge < -0.3 is 9.84 Å². The van der Waals surface area contributed by atoms with E-state index in [1.54, 1.807) is 0 Å². The summed E-state index contributed by atoms with van der Waals surface area (Å²) in [7, 11) is 0. The lowest BCUT2D eigenvalue weighted by Crippen LogP contribution is -2.30. The average molecular weight is 279 g/mol. The molecule has 114 valence electrons. The van der Waals surface area contributed by atoms with Crippen LogP contribution in [0, 0.1) is 25.7 Å². The standard InChI is InChI=1S/C16H29N3O/c1-11(2)8-17-9-15-6-7-19(10-15)13(4)16-12(3)18-20-14(16)5/h11,13,15,17H,6-10H2,1-5H3. The van der Waals surface area contributed by atoms with Gasteiger partial charge in [0.15, 0.2) is 0 Å². The third-order valence-electron chi connectivity index (χ3n) is 4.36. The molecule has 1 aromatic heterocycles. The predicted molar refractivity (Wildman–Crippen MR) is 81.8 cm³/mol. The molecule has 0 radical (unpaired) electrons. The Bertz CT molecular complexity index is 408. The molecule has 2 rings (SSSR count). The van der Waals surface area contributed by atoms with Crippen LogP contribution in [-0.2, 0) is 0 Å². The maximum absolute atomic E-state index is 5.31. The van der Waals surface area contributed by atoms with Gasteiger partial charge in [-0.2, -0.15) is 0 Å². The van der Waals surface area contributed by atoms with Crippen LogP contribution in [0.1, 0.15) is 50.3 Å². The number of nitrogens with one attached hydrogen (secondary N) is 1. The van der Waals surface area contributed by atoms with Gasteiger partial charge in [-0.05, 0) is 58.7 Å². The Morgan fingerprint density at radius 1 is 1.35 bits per heavy atom. The van der Waals surface area contributed by atoms with Gasteiger partial charge in [0, 0.05) is 18.2 Å². The first kappa shape index (κ1) is 15.5. The van der Waals surface area contributed by atoms with E-state index in [0.717, 1.165) is 36.4 Å². The third-order valence-corrected chi connectivity index (χ3v) is 4.36. The summed E-state index contributed by atoms with van der Waals surface area (Å²) >= 11 is 0. The lowest BCUT2D eigenvalue weighted by molar-refractivity contribution is 0.248. The Morgan fingerprint density at radius 3 is 2.70 bits per heavy atom. The van der Waals surface area contributed by atoms with Gasteiger partial charge in [0.1, 0.15) is 5.76 Å². The highest BCUT2D eigenvalue weighted by molar-refractivity contribution is 5.24. The number of aromatic nitrogens is 1. The van der Waals surface area contributed by atoms with Gasteiger partial charge >= 0.3 is 0 Å². The van der Waals surface area contributed by atoms with Crippen LogP contribution in [0.2, 0.25) is 0 Å². The van der Waals surface area contributed by atoms with E-state index in [1.165, 1.54) is 25.1 Å². The number of hydrogen-bond acceptors (Lipinski definition) is 4. The highest BCUT2D eigenvalue weighted by Crippen LogP contribution is 2.30. The van der Waals surface area contributed by atoms with Gasteiger partial charge in [-0.3, -0.25) is 4.90 Å². The Hall–Kier alpha value is -0.870. The fourth-order valence-corrected chi connectivity index (χ4v) is 3.23. The van der Waals surface area contributed by atoms with Crippen molar-refractivity contribution < 1.29 is 4.52 Å². The summed E-state index contributed by atoms with van der Waals surface area (Å²) in [5.74, 6) is 2.47. The molecule has 0 saturated carbocycles. The molecule has 0 amide bonds. The summed E-state index contributed by atoms with van der Waals surface area (Å²) < 4.78 is 5.31. The second kappa shape index (κ2) is 6.72. The zero-order valence-corrected chi connectivity index (χ0v) is 13.6. The normalized spacial score (nSPS) is 21.8. The molecule has 2 unspecified atom stereocenters. The van der Waals surface area contributed by atoms with Gasteiger partial charge in [-0.25, -0.2) is 0 Å². The monoisotopic (exact) mass is 279 g/mol. The topological polar surface area (TPSA) is 41.3 Å². The minimum atomic E-state index is 0.413. The van der Waals surface area contributed by atoms with Crippen LogP contribution in [0.5, 0.6) is 0 Å². The molecular formula is C16H29N3O. The van der Waals surface area contributed by atoms with Crippen molar-refractivity contribution in [3.63, 3.8) is 0 Å². The van der Waals surface area contributed by atoms with Crippen LogP contribution < -0.4 is 5.32 Å². The second-order valence-electron chi connectivity index (χ2n) is 6.62. The maximum atomic E-state index is 5.31. The molecule has 2 heterocycles. The Morgan fingerprint density at radius 2 is 2.10 bits per heavy atom. The zero-order valence-electron chi connectivity index (χ0n) is 13.6. The van der Waals surface area contributed by atoms with E-state index in [-0.39, 0.29) is 0 Å². The first-order chi connectivity index (χ1) is 9.49. The Balaban J connectivity index is 1.86. The van der Waals surface area contributed by atoms with Gasteiger partial charge in [-0.15, -0.1) is 0 Å². The quantitative estimate of drug-likeness (QED) is 0.869. The van der Waals surface area contributed by atoms with Crippen molar-refractivity contribution in [2.24, 2.45) is 11.8 Å². The largest absolute Gasteiger partial charge is 0.361 e. The molecule has 0 aliphatic carbocycles. The molecule has 0 bridgehead atoms. The maximum Gasteiger partial charge on any atom is 0.138 e. The lowest BCUT2D eigenvalue weighted by Gasteiger charge is -2.24. The second-order valence-corrected chi connectivity index (χ2v) is 6.62. The van der Waals surface area contributed by atoms with Gasteiger partial charge in [0.05, 0.1) is 5.69 Å². The SMILES string of the molecule is Cc1noc(C)c1C(C)N1CCC(CNCC(C)C)C1. The van der Waals surface area contributed by atoms with Crippen LogP contribution in [0.25, 0.3) is 0 Å². The number of nitrogens with zero attached hydrogens (tertiary/aromatic N) is 2. The van der Waals surface area contributed by atoms with Crippen molar-refractivity contribution in [3.05, 3.63) is 17.0 Å². The summed E-state index contributed by atoms with van der Waals surface area (Å²) in [6, 6.07) is 0.413. The van der Waals surface area contributed by atoms with Crippen molar-refractivity contribution in [3.8, 4) is 0 Å². The number of aryl methyl sites for hydroxylation is 2. The average Bonchev–Trinajstić information content (AvgIpc) is 2.96. The third kappa shape index (κ3) is 3.61.